The topological polar surface area (TPSA) is 84.6 Å². The predicted molar refractivity (Wildman–Crippen MR) is 80.2 cm³/mol. The second-order valence-electron chi connectivity index (χ2n) is 4.56. The van der Waals surface area contributed by atoms with E-state index in [-0.39, 0.29) is 23.0 Å². The van der Waals surface area contributed by atoms with Crippen molar-refractivity contribution < 1.29 is 14.6 Å². The number of nitrogens with one attached hydrogen (secondary N) is 1. The molecule has 0 spiro atoms. The predicted octanol–water partition coefficient (Wildman–Crippen LogP) is 1.79. The summed E-state index contributed by atoms with van der Waals surface area (Å²) in [5, 5.41) is 12.7. The molecule has 2 rings (SSSR count). The zero-order chi connectivity index (χ0) is 15.2. The van der Waals surface area contributed by atoms with Gasteiger partial charge < -0.3 is 20.9 Å². The number of rotatable bonds is 5. The molecule has 4 N–H and O–H groups in total. The van der Waals surface area contributed by atoms with Gasteiger partial charge in [0.2, 0.25) is 0 Å². The summed E-state index contributed by atoms with van der Waals surface area (Å²) >= 11 is 0. The molecule has 2 aromatic carbocycles. The van der Waals surface area contributed by atoms with Gasteiger partial charge in [-0.2, -0.15) is 0 Å². The number of benzene rings is 2. The highest BCUT2D eigenvalue weighted by Crippen LogP contribution is 2.29. The normalized spacial score (nSPS) is 10.2. The number of carbonyl (C=O) groups excluding carboxylic acids is 1. The number of phenols is 1. The van der Waals surface area contributed by atoms with Crippen LogP contribution < -0.4 is 15.8 Å². The lowest BCUT2D eigenvalue weighted by molar-refractivity contribution is 0.0947. The van der Waals surface area contributed by atoms with E-state index in [0.717, 1.165) is 11.1 Å². The first kappa shape index (κ1) is 14.9. The van der Waals surface area contributed by atoms with Crippen LogP contribution in [0, 0.1) is 0 Å². The van der Waals surface area contributed by atoms with Gasteiger partial charge in [0.1, 0.15) is 0 Å². The van der Waals surface area contributed by atoms with E-state index in [4.69, 9.17) is 10.5 Å². The van der Waals surface area contributed by atoms with Gasteiger partial charge in [-0.3, -0.25) is 4.79 Å². The molecule has 0 unspecified atom stereocenters. The van der Waals surface area contributed by atoms with E-state index in [1.807, 2.05) is 24.3 Å². The van der Waals surface area contributed by atoms with Crippen molar-refractivity contribution >= 4 is 5.91 Å². The zero-order valence-electron chi connectivity index (χ0n) is 11.8. The van der Waals surface area contributed by atoms with E-state index in [1.54, 1.807) is 18.2 Å². The Morgan fingerprint density at radius 2 is 1.86 bits per heavy atom. The molecule has 110 valence electrons. The van der Waals surface area contributed by atoms with E-state index in [2.05, 4.69) is 5.32 Å². The van der Waals surface area contributed by atoms with Crippen molar-refractivity contribution in [3.63, 3.8) is 0 Å². The molecule has 2 aromatic rings. The summed E-state index contributed by atoms with van der Waals surface area (Å²) in [4.78, 5) is 12.1. The van der Waals surface area contributed by atoms with Crippen LogP contribution in [0.25, 0.3) is 0 Å². The van der Waals surface area contributed by atoms with Crippen molar-refractivity contribution in [3.8, 4) is 11.5 Å². The zero-order valence-corrected chi connectivity index (χ0v) is 11.8. The fourth-order valence-electron chi connectivity index (χ4n) is 1.94. The molecule has 0 heterocycles. The van der Waals surface area contributed by atoms with Crippen molar-refractivity contribution in [2.45, 2.75) is 13.1 Å². The van der Waals surface area contributed by atoms with Gasteiger partial charge in [-0.1, -0.05) is 30.3 Å². The van der Waals surface area contributed by atoms with Gasteiger partial charge in [0.25, 0.3) is 5.91 Å². The average Bonchev–Trinajstić information content (AvgIpc) is 2.53. The summed E-state index contributed by atoms with van der Waals surface area (Å²) in [5.41, 5.74) is 7.72. The molecule has 0 aromatic heterocycles. The van der Waals surface area contributed by atoms with Crippen LogP contribution >= 0.6 is 0 Å². The Hall–Kier alpha value is -2.53. The number of hydrogen-bond acceptors (Lipinski definition) is 4. The van der Waals surface area contributed by atoms with Crippen molar-refractivity contribution in [1.82, 2.24) is 5.32 Å². The van der Waals surface area contributed by atoms with Crippen LogP contribution in [0.4, 0.5) is 0 Å². The van der Waals surface area contributed by atoms with Crippen molar-refractivity contribution in [1.29, 1.82) is 0 Å². The lowest BCUT2D eigenvalue weighted by Gasteiger charge is -2.09. The molecule has 0 saturated heterocycles. The van der Waals surface area contributed by atoms with E-state index in [9.17, 15) is 9.90 Å². The van der Waals surface area contributed by atoms with E-state index < -0.39 is 0 Å². The number of para-hydroxylation sites is 1. The van der Waals surface area contributed by atoms with Crippen LogP contribution in [0.15, 0.2) is 42.5 Å². The standard InChI is InChI=1S/C16H18N2O3/c1-21-14-4-2-3-13(15(14)19)16(20)18-10-12-7-5-11(9-17)6-8-12/h2-8,19H,9-10,17H2,1H3,(H,18,20). The number of amides is 1. The van der Waals surface area contributed by atoms with Crippen LogP contribution in [0.2, 0.25) is 0 Å². The Kier molecular flexibility index (Phi) is 4.79. The molecule has 0 radical (unpaired) electrons. The second-order valence-corrected chi connectivity index (χ2v) is 4.56. The quantitative estimate of drug-likeness (QED) is 0.782. The van der Waals surface area contributed by atoms with Crippen molar-refractivity contribution in [2.75, 3.05) is 7.11 Å². The summed E-state index contributed by atoms with van der Waals surface area (Å²) in [6.45, 7) is 0.866. The Balaban J connectivity index is 2.04. The molecular weight excluding hydrogens is 268 g/mol. The van der Waals surface area contributed by atoms with E-state index in [0.29, 0.717) is 13.1 Å². The molecule has 0 atom stereocenters. The highest BCUT2D eigenvalue weighted by molar-refractivity contribution is 5.97. The Bertz CT molecular complexity index is 624. The third-order valence-electron chi connectivity index (χ3n) is 3.18. The Morgan fingerprint density at radius 3 is 2.48 bits per heavy atom. The smallest absolute Gasteiger partial charge is 0.255 e. The second kappa shape index (κ2) is 6.76. The molecule has 0 aliphatic carbocycles. The highest BCUT2D eigenvalue weighted by atomic mass is 16.5. The number of hydrogen-bond donors (Lipinski definition) is 3. The molecule has 0 aliphatic rings. The third-order valence-corrected chi connectivity index (χ3v) is 3.18. The maximum Gasteiger partial charge on any atom is 0.255 e. The minimum atomic E-state index is -0.352. The summed E-state index contributed by atoms with van der Waals surface area (Å²) in [7, 11) is 1.44. The number of aromatic hydroxyl groups is 1. The third kappa shape index (κ3) is 3.52. The number of ether oxygens (including phenoxy) is 1. The van der Waals surface area contributed by atoms with Gasteiger partial charge in [-0.05, 0) is 23.3 Å². The maximum atomic E-state index is 12.1. The summed E-state index contributed by atoms with van der Waals surface area (Å²) < 4.78 is 4.98. The Labute approximate surface area is 123 Å². The number of carbonyl (C=O) groups is 1. The molecule has 0 fully saturated rings. The molecule has 0 aliphatic heterocycles. The van der Waals surface area contributed by atoms with Gasteiger partial charge >= 0.3 is 0 Å². The van der Waals surface area contributed by atoms with Gasteiger partial charge in [-0.15, -0.1) is 0 Å². The summed E-state index contributed by atoms with van der Waals surface area (Å²) in [6.07, 6.45) is 0. The molecule has 0 saturated carbocycles. The van der Waals surface area contributed by atoms with Crippen LogP contribution in [0.5, 0.6) is 11.5 Å². The molecule has 5 nitrogen and oxygen atoms in total. The minimum absolute atomic E-state index is 0.157. The number of methoxy groups -OCH3 is 1. The first-order valence-electron chi connectivity index (χ1n) is 6.57. The molecule has 5 heteroatoms. The molecule has 21 heavy (non-hydrogen) atoms. The SMILES string of the molecule is COc1cccc(C(=O)NCc2ccc(CN)cc2)c1O. The van der Waals surface area contributed by atoms with Crippen molar-refractivity contribution in [3.05, 3.63) is 59.2 Å². The van der Waals surface area contributed by atoms with Gasteiger partial charge in [0.05, 0.1) is 12.7 Å². The largest absolute Gasteiger partial charge is 0.504 e. The maximum absolute atomic E-state index is 12.1. The highest BCUT2D eigenvalue weighted by Gasteiger charge is 2.14. The molecule has 1 amide bonds. The first-order chi connectivity index (χ1) is 10.2. The Morgan fingerprint density at radius 1 is 1.19 bits per heavy atom. The van der Waals surface area contributed by atoms with Crippen molar-refractivity contribution in [2.24, 2.45) is 5.73 Å². The van der Waals surface area contributed by atoms with Gasteiger partial charge in [0, 0.05) is 13.1 Å². The monoisotopic (exact) mass is 286 g/mol. The minimum Gasteiger partial charge on any atom is -0.504 e. The number of phenolic OH excluding ortho intramolecular Hbond substituents is 1. The van der Waals surface area contributed by atoms with Crippen LogP contribution in [0.1, 0.15) is 21.5 Å². The summed E-state index contributed by atoms with van der Waals surface area (Å²) in [5.74, 6) is -0.236. The van der Waals surface area contributed by atoms with E-state index >= 15 is 0 Å². The van der Waals surface area contributed by atoms with E-state index in [1.165, 1.54) is 7.11 Å². The summed E-state index contributed by atoms with van der Waals surface area (Å²) in [6, 6.07) is 12.5. The van der Waals surface area contributed by atoms with Crippen LogP contribution in [-0.4, -0.2) is 18.1 Å². The van der Waals surface area contributed by atoms with Gasteiger partial charge in [0.15, 0.2) is 11.5 Å². The fourth-order valence-corrected chi connectivity index (χ4v) is 1.94. The van der Waals surface area contributed by atoms with Gasteiger partial charge in [-0.25, -0.2) is 0 Å². The number of nitrogens with two attached hydrogens (primary N) is 1. The molecular formula is C16H18N2O3. The fraction of sp³-hybridized carbons (Fsp3) is 0.188. The first-order valence-corrected chi connectivity index (χ1v) is 6.57. The lowest BCUT2D eigenvalue weighted by atomic mass is 10.1. The van der Waals surface area contributed by atoms with Crippen LogP contribution in [0.3, 0.4) is 0 Å². The average molecular weight is 286 g/mol. The lowest BCUT2D eigenvalue weighted by Crippen LogP contribution is -2.23. The molecule has 0 bridgehead atoms. The van der Waals surface area contributed by atoms with Crippen LogP contribution in [-0.2, 0) is 13.1 Å².